The van der Waals surface area contributed by atoms with E-state index in [4.69, 9.17) is 9.47 Å². The van der Waals surface area contributed by atoms with Crippen LogP contribution in [0.1, 0.15) is 30.5 Å². The van der Waals surface area contributed by atoms with Crippen molar-refractivity contribution in [2.75, 3.05) is 24.3 Å². The number of carbonyl (C=O) groups excluding carboxylic acids is 1. The maximum atomic E-state index is 12.7. The van der Waals surface area contributed by atoms with Crippen molar-refractivity contribution in [1.82, 2.24) is 4.98 Å². The number of hydrogen-bond acceptors (Lipinski definition) is 6. The molecule has 0 aliphatic heterocycles. The number of thioether (sulfide) groups is 1. The molecule has 2 aromatic carbocycles. The van der Waals surface area contributed by atoms with Crippen LogP contribution in [0.3, 0.4) is 0 Å². The number of amides is 1. The molecule has 1 N–H and O–H groups in total. The average molecular weight is 436 g/mol. The van der Waals surface area contributed by atoms with E-state index in [1.807, 2.05) is 45.9 Å². The van der Waals surface area contributed by atoms with Crippen LogP contribution in [0.2, 0.25) is 0 Å². The number of nitriles is 1. The van der Waals surface area contributed by atoms with Gasteiger partial charge in [-0.05, 0) is 57.0 Å². The normalized spacial score (nSPS) is 10.5. The molecule has 3 rings (SSSR count). The van der Waals surface area contributed by atoms with Crippen molar-refractivity contribution in [2.24, 2.45) is 0 Å². The summed E-state index contributed by atoms with van der Waals surface area (Å²) in [6, 6.07) is 13.3. The average Bonchev–Trinajstić information content (AvgIpc) is 2.76. The van der Waals surface area contributed by atoms with Crippen molar-refractivity contribution < 1.29 is 14.3 Å². The summed E-state index contributed by atoms with van der Waals surface area (Å²) >= 11 is 1.24. The fourth-order valence-electron chi connectivity index (χ4n) is 3.12. The van der Waals surface area contributed by atoms with Crippen LogP contribution in [-0.4, -0.2) is 29.9 Å². The molecule has 0 atom stereocenters. The van der Waals surface area contributed by atoms with Gasteiger partial charge in [-0.15, -0.1) is 0 Å². The van der Waals surface area contributed by atoms with Crippen LogP contribution in [0, 0.1) is 25.2 Å². The van der Waals surface area contributed by atoms with Gasteiger partial charge in [0.1, 0.15) is 22.6 Å². The molecule has 0 fully saturated rings. The Labute approximate surface area is 186 Å². The number of aromatic nitrogens is 1. The molecule has 31 heavy (non-hydrogen) atoms. The highest BCUT2D eigenvalue weighted by atomic mass is 32.2. The summed E-state index contributed by atoms with van der Waals surface area (Å²) in [6.07, 6.45) is 0. The molecular formula is C24H25N3O3S. The van der Waals surface area contributed by atoms with Crippen molar-refractivity contribution in [2.45, 2.75) is 32.7 Å². The number of hydrogen-bond donors (Lipinski definition) is 1. The van der Waals surface area contributed by atoms with E-state index in [0.717, 1.165) is 22.0 Å². The Morgan fingerprint density at radius 1 is 1.13 bits per heavy atom. The topological polar surface area (TPSA) is 84.2 Å². The molecule has 6 nitrogen and oxygen atoms in total. The zero-order valence-electron chi connectivity index (χ0n) is 18.1. The second-order valence-electron chi connectivity index (χ2n) is 6.89. The number of ether oxygens (including phenoxy) is 2. The van der Waals surface area contributed by atoms with Crippen molar-refractivity contribution >= 4 is 34.3 Å². The van der Waals surface area contributed by atoms with E-state index in [1.165, 1.54) is 11.8 Å². The molecule has 0 saturated heterocycles. The zero-order valence-corrected chi connectivity index (χ0v) is 18.9. The Kier molecular flexibility index (Phi) is 7.37. The number of nitrogens with zero attached hydrogens (tertiary/aromatic N) is 2. The van der Waals surface area contributed by atoms with Crippen molar-refractivity contribution in [3.8, 4) is 17.6 Å². The number of anilines is 1. The number of benzene rings is 2. The van der Waals surface area contributed by atoms with Gasteiger partial charge in [0.15, 0.2) is 0 Å². The number of fused-ring (bicyclic) bond motifs is 1. The highest BCUT2D eigenvalue weighted by Gasteiger charge is 2.14. The van der Waals surface area contributed by atoms with E-state index < -0.39 is 0 Å². The van der Waals surface area contributed by atoms with E-state index >= 15 is 0 Å². The molecule has 0 unspecified atom stereocenters. The lowest BCUT2D eigenvalue weighted by Gasteiger charge is -2.14. The molecule has 0 saturated carbocycles. The first-order chi connectivity index (χ1) is 15.0. The lowest BCUT2D eigenvalue weighted by molar-refractivity contribution is -0.113. The minimum Gasteiger partial charge on any atom is -0.494 e. The van der Waals surface area contributed by atoms with E-state index in [0.29, 0.717) is 41.0 Å². The summed E-state index contributed by atoms with van der Waals surface area (Å²) in [4.78, 5) is 17.3. The van der Waals surface area contributed by atoms with Crippen LogP contribution in [0.15, 0.2) is 41.4 Å². The number of aryl methyl sites for hydroxylation is 2. The summed E-state index contributed by atoms with van der Waals surface area (Å²) < 4.78 is 11.1. The van der Waals surface area contributed by atoms with Gasteiger partial charge in [-0.1, -0.05) is 23.9 Å². The lowest BCUT2D eigenvalue weighted by Crippen LogP contribution is -2.15. The van der Waals surface area contributed by atoms with Gasteiger partial charge in [-0.3, -0.25) is 4.79 Å². The third kappa shape index (κ3) is 5.28. The minimum atomic E-state index is -0.216. The van der Waals surface area contributed by atoms with E-state index in [2.05, 4.69) is 16.4 Å². The highest BCUT2D eigenvalue weighted by molar-refractivity contribution is 8.00. The fraction of sp³-hybridized carbons (Fsp3) is 0.292. The van der Waals surface area contributed by atoms with Crippen molar-refractivity contribution in [3.05, 3.63) is 53.1 Å². The molecule has 3 aromatic rings. The summed E-state index contributed by atoms with van der Waals surface area (Å²) in [7, 11) is 0. The molecule has 160 valence electrons. The largest absolute Gasteiger partial charge is 0.494 e. The summed E-state index contributed by atoms with van der Waals surface area (Å²) in [6.45, 7) is 8.84. The van der Waals surface area contributed by atoms with Crippen molar-refractivity contribution in [3.63, 3.8) is 0 Å². The summed E-state index contributed by atoms with van der Waals surface area (Å²) in [5.74, 6) is 1.13. The minimum absolute atomic E-state index is 0.114. The van der Waals surface area contributed by atoms with Crippen LogP contribution >= 0.6 is 11.8 Å². The number of carbonyl (C=O) groups is 1. The molecule has 0 aliphatic rings. The van der Waals surface area contributed by atoms with E-state index in [9.17, 15) is 10.1 Å². The van der Waals surface area contributed by atoms with Gasteiger partial charge < -0.3 is 14.8 Å². The SMILES string of the molecule is CCOc1ccc(OCC)c(NC(=O)CSc2nc3c(C)c(C)ccc3cc2C#N)c1. The van der Waals surface area contributed by atoms with Gasteiger partial charge in [-0.25, -0.2) is 4.98 Å². The van der Waals surface area contributed by atoms with E-state index in [1.54, 1.807) is 18.2 Å². The quantitative estimate of drug-likeness (QED) is 0.487. The Balaban J connectivity index is 1.79. The monoisotopic (exact) mass is 435 g/mol. The number of nitrogens with one attached hydrogen (secondary N) is 1. The summed E-state index contributed by atoms with van der Waals surface area (Å²) in [5.41, 5.74) is 4.07. The zero-order chi connectivity index (χ0) is 22.4. The molecule has 1 aromatic heterocycles. The molecule has 0 radical (unpaired) electrons. The number of rotatable bonds is 8. The molecule has 1 amide bonds. The predicted molar refractivity (Wildman–Crippen MR) is 124 cm³/mol. The Morgan fingerprint density at radius 2 is 1.90 bits per heavy atom. The predicted octanol–water partition coefficient (Wildman–Crippen LogP) is 5.25. The second kappa shape index (κ2) is 10.2. The third-order valence-corrected chi connectivity index (χ3v) is 5.76. The highest BCUT2D eigenvalue weighted by Crippen LogP contribution is 2.31. The smallest absolute Gasteiger partial charge is 0.234 e. The van der Waals surface area contributed by atoms with Gasteiger partial charge in [0, 0.05) is 11.5 Å². The van der Waals surface area contributed by atoms with Gasteiger partial charge in [0.25, 0.3) is 0 Å². The lowest BCUT2D eigenvalue weighted by atomic mass is 10.0. The van der Waals surface area contributed by atoms with Crippen LogP contribution < -0.4 is 14.8 Å². The number of pyridine rings is 1. The molecule has 0 aliphatic carbocycles. The van der Waals surface area contributed by atoms with Gasteiger partial charge in [0.05, 0.1) is 35.7 Å². The van der Waals surface area contributed by atoms with Crippen LogP contribution in [0.4, 0.5) is 5.69 Å². The van der Waals surface area contributed by atoms with Crippen LogP contribution in [-0.2, 0) is 4.79 Å². The Hall–Kier alpha value is -3.24. The van der Waals surface area contributed by atoms with Gasteiger partial charge in [0.2, 0.25) is 5.91 Å². The van der Waals surface area contributed by atoms with E-state index in [-0.39, 0.29) is 11.7 Å². The first kappa shape index (κ1) is 22.4. The second-order valence-corrected chi connectivity index (χ2v) is 7.86. The first-order valence-electron chi connectivity index (χ1n) is 10.1. The standard InChI is InChI=1S/C24H25N3O3S/c1-5-29-19-9-10-21(30-6-2)20(12-19)26-22(28)14-31-24-18(13-25)11-17-8-7-15(3)16(4)23(17)27-24/h7-12H,5-6,14H2,1-4H3,(H,26,28). The third-order valence-electron chi connectivity index (χ3n) is 4.77. The fourth-order valence-corrected chi connectivity index (χ4v) is 3.88. The molecular weight excluding hydrogens is 410 g/mol. The molecule has 0 bridgehead atoms. The van der Waals surface area contributed by atoms with Crippen molar-refractivity contribution in [1.29, 1.82) is 5.26 Å². The van der Waals surface area contributed by atoms with Crippen LogP contribution in [0.5, 0.6) is 11.5 Å². The van der Waals surface area contributed by atoms with Crippen LogP contribution in [0.25, 0.3) is 10.9 Å². The first-order valence-corrected chi connectivity index (χ1v) is 11.1. The van der Waals surface area contributed by atoms with Gasteiger partial charge >= 0.3 is 0 Å². The molecule has 7 heteroatoms. The maximum absolute atomic E-state index is 12.7. The Bertz CT molecular complexity index is 1150. The summed E-state index contributed by atoms with van der Waals surface area (Å²) in [5, 5.41) is 13.9. The maximum Gasteiger partial charge on any atom is 0.234 e. The van der Waals surface area contributed by atoms with Gasteiger partial charge in [-0.2, -0.15) is 5.26 Å². The Morgan fingerprint density at radius 3 is 2.61 bits per heavy atom. The molecule has 0 spiro atoms. The molecule has 1 heterocycles.